The van der Waals surface area contributed by atoms with E-state index in [0.717, 1.165) is 6.42 Å². The molecule has 0 unspecified atom stereocenters. The smallest absolute Gasteiger partial charge is 0.231 e. The van der Waals surface area contributed by atoms with Gasteiger partial charge in [0, 0.05) is 13.1 Å². The van der Waals surface area contributed by atoms with Crippen molar-refractivity contribution in [3.8, 4) is 0 Å². The molecule has 1 heterocycles. The van der Waals surface area contributed by atoms with E-state index in [1.165, 1.54) is 0 Å². The van der Waals surface area contributed by atoms with Gasteiger partial charge in [-0.1, -0.05) is 6.92 Å². The number of hydrogen-bond acceptors (Lipinski definition) is 2. The van der Waals surface area contributed by atoms with E-state index in [-0.39, 0.29) is 12.0 Å². The molecule has 0 aromatic carbocycles. The monoisotopic (exact) mass is 265 g/mol. The third-order valence-corrected chi connectivity index (χ3v) is 4.71. The van der Waals surface area contributed by atoms with Gasteiger partial charge in [-0.05, 0) is 19.8 Å². The highest BCUT2D eigenvalue weighted by Crippen LogP contribution is 2.64. The third-order valence-electron chi connectivity index (χ3n) is 3.61. The van der Waals surface area contributed by atoms with Crippen LogP contribution in [0.3, 0.4) is 0 Å². The number of rotatable bonds is 2. The second-order valence-corrected chi connectivity index (χ2v) is 6.35. The molecule has 0 N–H and O–H groups in total. The van der Waals surface area contributed by atoms with Gasteiger partial charge in [-0.15, -0.1) is 23.2 Å². The Morgan fingerprint density at radius 1 is 1.56 bits per heavy atom. The Labute approximate surface area is 106 Å². The summed E-state index contributed by atoms with van der Waals surface area (Å²) in [5.41, 5.74) is -0.592. The van der Waals surface area contributed by atoms with Gasteiger partial charge in [-0.2, -0.15) is 0 Å². The van der Waals surface area contributed by atoms with Gasteiger partial charge in [-0.25, -0.2) is 0 Å². The van der Waals surface area contributed by atoms with Crippen molar-refractivity contribution in [2.75, 3.05) is 19.7 Å². The molecule has 5 heteroatoms. The Morgan fingerprint density at radius 2 is 2.19 bits per heavy atom. The van der Waals surface area contributed by atoms with E-state index in [1.54, 1.807) is 0 Å². The van der Waals surface area contributed by atoms with Crippen LogP contribution in [0.5, 0.6) is 0 Å². The van der Waals surface area contributed by atoms with Crippen LogP contribution in [0.15, 0.2) is 0 Å². The summed E-state index contributed by atoms with van der Waals surface area (Å²) in [6, 6.07) is 0. The Kier molecular flexibility index (Phi) is 3.15. The van der Waals surface area contributed by atoms with Crippen molar-refractivity contribution in [3.05, 3.63) is 0 Å². The Morgan fingerprint density at radius 3 is 2.69 bits per heavy atom. The van der Waals surface area contributed by atoms with Crippen molar-refractivity contribution in [1.82, 2.24) is 4.90 Å². The first-order valence-electron chi connectivity index (χ1n) is 5.69. The van der Waals surface area contributed by atoms with Gasteiger partial charge < -0.3 is 9.64 Å². The summed E-state index contributed by atoms with van der Waals surface area (Å²) in [4.78, 5) is 14.1. The van der Waals surface area contributed by atoms with Crippen LogP contribution in [0.1, 0.15) is 26.7 Å². The van der Waals surface area contributed by atoms with Crippen LogP contribution in [0.4, 0.5) is 0 Å². The second kappa shape index (κ2) is 4.04. The van der Waals surface area contributed by atoms with E-state index in [9.17, 15) is 4.79 Å². The standard InChI is InChI=1S/C11H17Cl2NO2/c1-3-8-6-14(4-5-16-8)9(15)10(2)7-11(10,12)13/h8H,3-7H2,1-2H3/t8-,10+/m1/s1. The molecule has 1 saturated carbocycles. The number of morpholine rings is 1. The van der Waals surface area contributed by atoms with Crippen molar-refractivity contribution in [1.29, 1.82) is 0 Å². The van der Waals surface area contributed by atoms with Crippen LogP contribution >= 0.6 is 23.2 Å². The highest BCUT2D eigenvalue weighted by molar-refractivity contribution is 6.53. The van der Waals surface area contributed by atoms with Crippen LogP contribution in [0.25, 0.3) is 0 Å². The quantitative estimate of drug-likeness (QED) is 0.717. The molecule has 1 aliphatic carbocycles. The molecule has 2 aliphatic rings. The van der Waals surface area contributed by atoms with E-state index < -0.39 is 9.75 Å². The molecular formula is C11H17Cl2NO2. The first kappa shape index (κ1) is 12.5. The Hall–Kier alpha value is 0.01000. The van der Waals surface area contributed by atoms with Gasteiger partial charge in [0.2, 0.25) is 5.91 Å². The number of carbonyl (C=O) groups excluding carboxylic acids is 1. The van der Waals surface area contributed by atoms with Gasteiger partial charge in [0.15, 0.2) is 0 Å². The minimum atomic E-state index is -0.871. The van der Waals surface area contributed by atoms with E-state index >= 15 is 0 Å². The number of hydrogen-bond donors (Lipinski definition) is 0. The molecule has 1 aliphatic heterocycles. The fraction of sp³-hybridized carbons (Fsp3) is 0.909. The number of alkyl halides is 2. The van der Waals surface area contributed by atoms with Crippen LogP contribution in [0, 0.1) is 5.41 Å². The molecular weight excluding hydrogens is 249 g/mol. The summed E-state index contributed by atoms with van der Waals surface area (Å²) < 4.78 is 4.66. The zero-order chi connectivity index (χ0) is 12.0. The van der Waals surface area contributed by atoms with Crippen LogP contribution in [0.2, 0.25) is 0 Å². The summed E-state index contributed by atoms with van der Waals surface area (Å²) in [5, 5.41) is 0. The SMILES string of the molecule is CC[C@@H]1CN(C(=O)[C@]2(C)CC2(Cl)Cl)CCO1. The summed E-state index contributed by atoms with van der Waals surface area (Å²) in [6.07, 6.45) is 1.63. The maximum Gasteiger partial charge on any atom is 0.231 e. The lowest BCUT2D eigenvalue weighted by atomic mass is 10.1. The van der Waals surface area contributed by atoms with Crippen molar-refractivity contribution in [2.45, 2.75) is 37.1 Å². The molecule has 3 nitrogen and oxygen atoms in total. The van der Waals surface area contributed by atoms with Gasteiger partial charge in [-0.3, -0.25) is 4.79 Å². The summed E-state index contributed by atoms with van der Waals surface area (Å²) >= 11 is 12.0. The average molecular weight is 266 g/mol. The number of halogens is 2. The molecule has 2 atom stereocenters. The summed E-state index contributed by atoms with van der Waals surface area (Å²) in [5.74, 6) is 0.0688. The van der Waals surface area contributed by atoms with Crippen LogP contribution in [-0.4, -0.2) is 40.9 Å². The lowest BCUT2D eigenvalue weighted by Crippen LogP contribution is -2.48. The minimum Gasteiger partial charge on any atom is -0.375 e. The number of nitrogens with zero attached hydrogens (tertiary/aromatic N) is 1. The number of amides is 1. The largest absolute Gasteiger partial charge is 0.375 e. The zero-order valence-corrected chi connectivity index (χ0v) is 11.1. The first-order chi connectivity index (χ1) is 7.40. The predicted molar refractivity (Wildman–Crippen MR) is 63.8 cm³/mol. The lowest BCUT2D eigenvalue weighted by Gasteiger charge is -2.34. The highest BCUT2D eigenvalue weighted by Gasteiger charge is 2.68. The van der Waals surface area contributed by atoms with Crippen molar-refractivity contribution < 1.29 is 9.53 Å². The first-order valence-corrected chi connectivity index (χ1v) is 6.45. The number of ether oxygens (including phenoxy) is 1. The molecule has 2 fully saturated rings. The molecule has 92 valence electrons. The van der Waals surface area contributed by atoms with E-state index in [4.69, 9.17) is 27.9 Å². The molecule has 16 heavy (non-hydrogen) atoms. The maximum absolute atomic E-state index is 12.3. The minimum absolute atomic E-state index is 0.0688. The van der Waals surface area contributed by atoms with Gasteiger partial charge >= 0.3 is 0 Å². The fourth-order valence-corrected chi connectivity index (χ4v) is 2.83. The Balaban J connectivity index is 2.01. The van der Waals surface area contributed by atoms with Crippen LogP contribution < -0.4 is 0 Å². The highest BCUT2D eigenvalue weighted by atomic mass is 35.5. The summed E-state index contributed by atoms with van der Waals surface area (Å²) in [6.45, 7) is 5.82. The van der Waals surface area contributed by atoms with Crippen molar-refractivity contribution in [2.24, 2.45) is 5.41 Å². The molecule has 0 radical (unpaired) electrons. The number of carbonyl (C=O) groups is 1. The molecule has 0 aromatic heterocycles. The summed E-state index contributed by atoms with van der Waals surface area (Å²) in [7, 11) is 0. The fourth-order valence-electron chi connectivity index (χ4n) is 2.13. The molecule has 0 spiro atoms. The second-order valence-electron chi connectivity index (χ2n) is 4.87. The maximum atomic E-state index is 12.3. The van der Waals surface area contributed by atoms with Gasteiger partial charge in [0.25, 0.3) is 0 Å². The van der Waals surface area contributed by atoms with E-state index in [1.807, 2.05) is 11.8 Å². The van der Waals surface area contributed by atoms with Crippen LogP contribution in [-0.2, 0) is 9.53 Å². The predicted octanol–water partition coefficient (Wildman–Crippen LogP) is 2.21. The molecule has 1 saturated heterocycles. The lowest BCUT2D eigenvalue weighted by molar-refractivity contribution is -0.144. The molecule has 2 rings (SSSR count). The Bertz CT molecular complexity index is 308. The zero-order valence-electron chi connectivity index (χ0n) is 9.63. The van der Waals surface area contributed by atoms with E-state index in [2.05, 4.69) is 6.92 Å². The average Bonchev–Trinajstić information content (AvgIpc) is 2.78. The normalized spacial score (nSPS) is 37.2. The third kappa shape index (κ3) is 1.93. The van der Waals surface area contributed by atoms with Crippen molar-refractivity contribution >= 4 is 29.1 Å². The molecule has 0 bridgehead atoms. The molecule has 0 aromatic rings. The molecule has 1 amide bonds. The van der Waals surface area contributed by atoms with E-state index in [0.29, 0.717) is 26.1 Å². The topological polar surface area (TPSA) is 29.5 Å². The van der Waals surface area contributed by atoms with Gasteiger partial charge in [0.1, 0.15) is 4.33 Å². The van der Waals surface area contributed by atoms with Gasteiger partial charge in [0.05, 0.1) is 18.1 Å². The van der Waals surface area contributed by atoms with Crippen molar-refractivity contribution in [3.63, 3.8) is 0 Å².